The number of sulfonamides is 1. The minimum Gasteiger partial charge on any atom is -0.321 e. The van der Waals surface area contributed by atoms with Gasteiger partial charge in [-0.2, -0.15) is 0 Å². The highest BCUT2D eigenvalue weighted by Crippen LogP contribution is 2.33. The molecule has 144 valence electrons. The lowest BCUT2D eigenvalue weighted by atomic mass is 10.2. The smallest absolute Gasteiger partial charge is 0.255 e. The molecule has 1 amide bonds. The number of anilines is 2. The van der Waals surface area contributed by atoms with Gasteiger partial charge in [0.25, 0.3) is 5.91 Å². The molecule has 0 bridgehead atoms. The fourth-order valence-electron chi connectivity index (χ4n) is 2.41. The van der Waals surface area contributed by atoms with E-state index in [2.05, 4.69) is 10.0 Å². The molecule has 0 spiro atoms. The van der Waals surface area contributed by atoms with Crippen molar-refractivity contribution in [3.8, 4) is 0 Å². The molecule has 0 aliphatic carbocycles. The lowest BCUT2D eigenvalue weighted by Crippen LogP contribution is -2.14. The molecule has 0 aromatic heterocycles. The van der Waals surface area contributed by atoms with E-state index in [1.807, 2.05) is 54.6 Å². The van der Waals surface area contributed by atoms with Crippen molar-refractivity contribution in [1.29, 1.82) is 0 Å². The van der Waals surface area contributed by atoms with Gasteiger partial charge in [0.1, 0.15) is 0 Å². The number of amides is 1. The SMILES string of the molecule is CS(=O)(=O)Nc1ccc(C(=O)Nc2ccccc2Sc2ccccc2)cc1Cl. The number of carbonyl (C=O) groups is 1. The van der Waals surface area contributed by atoms with Gasteiger partial charge in [-0.1, -0.05) is 53.7 Å². The maximum absolute atomic E-state index is 12.6. The zero-order valence-corrected chi connectivity index (χ0v) is 17.2. The maximum Gasteiger partial charge on any atom is 0.255 e. The highest BCUT2D eigenvalue weighted by atomic mass is 35.5. The van der Waals surface area contributed by atoms with Gasteiger partial charge in [0.15, 0.2) is 0 Å². The van der Waals surface area contributed by atoms with E-state index in [4.69, 9.17) is 11.6 Å². The Kier molecular flexibility index (Phi) is 6.28. The van der Waals surface area contributed by atoms with Crippen LogP contribution in [0, 0.1) is 0 Å². The number of rotatable bonds is 6. The summed E-state index contributed by atoms with van der Waals surface area (Å²) >= 11 is 7.66. The molecular weight excluding hydrogens is 416 g/mol. The molecule has 8 heteroatoms. The highest BCUT2D eigenvalue weighted by molar-refractivity contribution is 7.99. The molecule has 2 N–H and O–H groups in total. The van der Waals surface area contributed by atoms with Crippen LogP contribution in [0.2, 0.25) is 5.02 Å². The standard InChI is InChI=1S/C20H17ClN2O3S2/c1-28(25,26)23-17-12-11-14(13-16(17)21)20(24)22-18-9-5-6-10-19(18)27-15-7-3-2-4-8-15/h2-13,23H,1H3,(H,22,24). The number of nitrogens with one attached hydrogen (secondary N) is 2. The minimum atomic E-state index is -3.45. The van der Waals surface area contributed by atoms with E-state index in [1.165, 1.54) is 18.2 Å². The summed E-state index contributed by atoms with van der Waals surface area (Å²) in [5.74, 6) is -0.339. The highest BCUT2D eigenvalue weighted by Gasteiger charge is 2.13. The van der Waals surface area contributed by atoms with Gasteiger partial charge in [0.2, 0.25) is 10.0 Å². The van der Waals surface area contributed by atoms with E-state index in [9.17, 15) is 13.2 Å². The van der Waals surface area contributed by atoms with Crippen LogP contribution in [0.4, 0.5) is 11.4 Å². The largest absolute Gasteiger partial charge is 0.321 e. The van der Waals surface area contributed by atoms with Crippen molar-refractivity contribution >= 4 is 50.7 Å². The number of hydrogen-bond acceptors (Lipinski definition) is 4. The van der Waals surface area contributed by atoms with Crippen LogP contribution in [0.25, 0.3) is 0 Å². The van der Waals surface area contributed by atoms with Gasteiger partial charge in [0.05, 0.1) is 22.7 Å². The van der Waals surface area contributed by atoms with Crippen LogP contribution < -0.4 is 10.0 Å². The Morgan fingerprint density at radius 3 is 2.29 bits per heavy atom. The normalized spacial score (nSPS) is 11.1. The molecule has 0 fully saturated rings. The molecule has 0 saturated heterocycles. The van der Waals surface area contributed by atoms with Crippen molar-refractivity contribution in [2.75, 3.05) is 16.3 Å². The van der Waals surface area contributed by atoms with Gasteiger partial charge < -0.3 is 5.32 Å². The molecule has 0 atom stereocenters. The molecular formula is C20H17ClN2O3S2. The molecule has 3 aromatic rings. The van der Waals surface area contributed by atoms with Crippen LogP contribution in [0.15, 0.2) is 82.6 Å². The Morgan fingerprint density at radius 2 is 1.61 bits per heavy atom. The number of hydrogen-bond donors (Lipinski definition) is 2. The van der Waals surface area contributed by atoms with Crippen molar-refractivity contribution in [2.24, 2.45) is 0 Å². The first kappa shape index (κ1) is 20.3. The zero-order valence-electron chi connectivity index (χ0n) is 14.8. The summed E-state index contributed by atoms with van der Waals surface area (Å²) in [6.07, 6.45) is 1.03. The second-order valence-electron chi connectivity index (χ2n) is 5.93. The minimum absolute atomic E-state index is 0.144. The molecule has 0 heterocycles. The lowest BCUT2D eigenvalue weighted by molar-refractivity contribution is 0.102. The molecule has 0 unspecified atom stereocenters. The predicted molar refractivity (Wildman–Crippen MR) is 115 cm³/mol. The van der Waals surface area contributed by atoms with Gasteiger partial charge in [-0.3, -0.25) is 9.52 Å². The van der Waals surface area contributed by atoms with Crippen molar-refractivity contribution < 1.29 is 13.2 Å². The summed E-state index contributed by atoms with van der Waals surface area (Å²) in [7, 11) is -3.45. The Labute approximate surface area is 173 Å². The first-order valence-electron chi connectivity index (χ1n) is 8.22. The van der Waals surface area contributed by atoms with E-state index in [-0.39, 0.29) is 16.6 Å². The monoisotopic (exact) mass is 432 g/mol. The average molecular weight is 433 g/mol. The van der Waals surface area contributed by atoms with E-state index >= 15 is 0 Å². The summed E-state index contributed by atoms with van der Waals surface area (Å²) in [4.78, 5) is 14.6. The van der Waals surface area contributed by atoms with E-state index in [0.29, 0.717) is 11.3 Å². The Bertz CT molecular complexity index is 1100. The van der Waals surface area contributed by atoms with Crippen LogP contribution in [0.3, 0.4) is 0 Å². The van der Waals surface area contributed by atoms with E-state index in [0.717, 1.165) is 16.0 Å². The molecule has 0 radical (unpaired) electrons. The first-order chi connectivity index (χ1) is 13.3. The van der Waals surface area contributed by atoms with Crippen LogP contribution in [-0.4, -0.2) is 20.6 Å². The van der Waals surface area contributed by atoms with Crippen LogP contribution in [-0.2, 0) is 10.0 Å². The quantitative estimate of drug-likeness (QED) is 0.567. The third-order valence-corrected chi connectivity index (χ3v) is 5.62. The second-order valence-corrected chi connectivity index (χ2v) is 9.21. The summed E-state index contributed by atoms with van der Waals surface area (Å²) in [6.45, 7) is 0. The third kappa shape index (κ3) is 5.51. The Hall–Kier alpha value is -2.48. The number of halogens is 1. The maximum atomic E-state index is 12.6. The van der Waals surface area contributed by atoms with Crippen LogP contribution in [0.5, 0.6) is 0 Å². The van der Waals surface area contributed by atoms with Gasteiger partial charge in [-0.25, -0.2) is 8.42 Å². The van der Waals surface area contributed by atoms with Gasteiger partial charge in [0, 0.05) is 15.4 Å². The topological polar surface area (TPSA) is 75.3 Å². The number of carbonyl (C=O) groups excluding carboxylic acids is 1. The van der Waals surface area contributed by atoms with Gasteiger partial charge in [-0.05, 0) is 42.5 Å². The van der Waals surface area contributed by atoms with Crippen molar-refractivity contribution in [3.05, 3.63) is 83.4 Å². The summed E-state index contributed by atoms with van der Waals surface area (Å²) in [5, 5.41) is 3.03. The molecule has 3 rings (SSSR count). The molecule has 5 nitrogen and oxygen atoms in total. The van der Waals surface area contributed by atoms with Crippen molar-refractivity contribution in [3.63, 3.8) is 0 Å². The van der Waals surface area contributed by atoms with Gasteiger partial charge >= 0.3 is 0 Å². The molecule has 0 aliphatic rings. The molecule has 28 heavy (non-hydrogen) atoms. The third-order valence-electron chi connectivity index (χ3n) is 3.63. The lowest BCUT2D eigenvalue weighted by Gasteiger charge is -2.12. The first-order valence-corrected chi connectivity index (χ1v) is 11.3. The van der Waals surface area contributed by atoms with Gasteiger partial charge in [-0.15, -0.1) is 0 Å². The van der Waals surface area contributed by atoms with E-state index in [1.54, 1.807) is 11.8 Å². The van der Waals surface area contributed by atoms with Crippen LogP contribution in [0.1, 0.15) is 10.4 Å². The summed E-state index contributed by atoms with van der Waals surface area (Å²) in [5.41, 5.74) is 1.22. The average Bonchev–Trinajstić information content (AvgIpc) is 2.65. The fraction of sp³-hybridized carbons (Fsp3) is 0.0500. The summed E-state index contributed by atoms with van der Waals surface area (Å²) in [6, 6.07) is 21.8. The predicted octanol–water partition coefficient (Wildman–Crippen LogP) is 5.12. The Balaban J connectivity index is 1.79. The molecule has 3 aromatic carbocycles. The number of benzene rings is 3. The second kappa shape index (κ2) is 8.68. The molecule has 0 aliphatic heterocycles. The number of para-hydroxylation sites is 1. The van der Waals surface area contributed by atoms with E-state index < -0.39 is 10.0 Å². The fourth-order valence-corrected chi connectivity index (χ4v) is 4.19. The van der Waals surface area contributed by atoms with Crippen molar-refractivity contribution in [1.82, 2.24) is 0 Å². The van der Waals surface area contributed by atoms with Crippen LogP contribution >= 0.6 is 23.4 Å². The van der Waals surface area contributed by atoms with Crippen molar-refractivity contribution in [2.45, 2.75) is 9.79 Å². The zero-order chi connectivity index (χ0) is 20.1. The summed E-state index contributed by atoms with van der Waals surface area (Å²) < 4.78 is 25.0. The Morgan fingerprint density at radius 1 is 0.929 bits per heavy atom. The molecule has 0 saturated carbocycles.